The number of nitro benzene ring substituents is 1. The molecule has 104 valence electrons. The molecule has 0 aliphatic heterocycles. The van der Waals surface area contributed by atoms with Gasteiger partial charge < -0.3 is 9.47 Å². The lowest BCUT2D eigenvalue weighted by molar-refractivity contribution is -0.386. The van der Waals surface area contributed by atoms with Gasteiger partial charge in [-0.3, -0.25) is 10.1 Å². The highest BCUT2D eigenvalue weighted by Crippen LogP contribution is 2.39. The molecule has 0 radical (unpaired) electrons. The van der Waals surface area contributed by atoms with Gasteiger partial charge in [0.2, 0.25) is 11.5 Å². The van der Waals surface area contributed by atoms with Gasteiger partial charge in [0.25, 0.3) is 0 Å². The Morgan fingerprint density at radius 2 is 1.75 bits per heavy atom. The molecule has 0 spiro atoms. The van der Waals surface area contributed by atoms with Crippen LogP contribution in [0.1, 0.15) is 6.92 Å². The van der Waals surface area contributed by atoms with Crippen molar-refractivity contribution in [3.05, 3.63) is 56.1 Å². The number of halogens is 1. The first-order valence-corrected chi connectivity index (χ1v) is 7.04. The molecule has 2 aromatic carbocycles. The van der Waals surface area contributed by atoms with Crippen LogP contribution >= 0.6 is 22.6 Å². The van der Waals surface area contributed by atoms with Crippen molar-refractivity contribution >= 4 is 28.3 Å². The van der Waals surface area contributed by atoms with Crippen LogP contribution in [0.25, 0.3) is 0 Å². The highest BCUT2D eigenvalue weighted by atomic mass is 127. The zero-order valence-electron chi connectivity index (χ0n) is 10.7. The summed E-state index contributed by atoms with van der Waals surface area (Å²) in [6, 6.07) is 12.1. The Bertz CT molecular complexity index is 630. The second-order valence-electron chi connectivity index (χ2n) is 3.83. The second kappa shape index (κ2) is 6.56. The van der Waals surface area contributed by atoms with E-state index in [0.717, 1.165) is 3.57 Å². The van der Waals surface area contributed by atoms with Crippen molar-refractivity contribution in [1.29, 1.82) is 0 Å². The summed E-state index contributed by atoms with van der Waals surface area (Å²) >= 11 is 2.12. The Labute approximate surface area is 129 Å². The Balaban J connectivity index is 2.44. The molecule has 5 nitrogen and oxygen atoms in total. The molecule has 0 aliphatic rings. The van der Waals surface area contributed by atoms with E-state index < -0.39 is 4.92 Å². The van der Waals surface area contributed by atoms with Crippen molar-refractivity contribution in [2.24, 2.45) is 0 Å². The number of rotatable bonds is 5. The van der Waals surface area contributed by atoms with Gasteiger partial charge in [-0.2, -0.15) is 0 Å². The average Bonchev–Trinajstić information content (AvgIpc) is 2.41. The van der Waals surface area contributed by atoms with Gasteiger partial charge in [0, 0.05) is 0 Å². The summed E-state index contributed by atoms with van der Waals surface area (Å²) in [5, 5.41) is 11.2. The molecule has 0 saturated heterocycles. The van der Waals surface area contributed by atoms with E-state index in [1.165, 1.54) is 0 Å². The Morgan fingerprint density at radius 3 is 2.40 bits per heavy atom. The number of nitro groups is 1. The van der Waals surface area contributed by atoms with Gasteiger partial charge >= 0.3 is 5.69 Å². The molecule has 0 unspecified atom stereocenters. The molecule has 2 aromatic rings. The van der Waals surface area contributed by atoms with Gasteiger partial charge in [0.1, 0.15) is 5.75 Å². The normalized spacial score (nSPS) is 10.1. The zero-order chi connectivity index (χ0) is 14.5. The van der Waals surface area contributed by atoms with E-state index in [4.69, 9.17) is 9.47 Å². The summed E-state index contributed by atoms with van der Waals surface area (Å²) in [4.78, 5) is 10.7. The van der Waals surface area contributed by atoms with Crippen LogP contribution in [-0.2, 0) is 0 Å². The molecular formula is C14H12INO4. The number of ether oxygens (including phenoxy) is 2. The lowest BCUT2D eigenvalue weighted by Gasteiger charge is -2.10. The van der Waals surface area contributed by atoms with Crippen LogP contribution in [0.5, 0.6) is 17.2 Å². The van der Waals surface area contributed by atoms with Crippen LogP contribution in [0.2, 0.25) is 0 Å². The molecule has 0 bridgehead atoms. The van der Waals surface area contributed by atoms with E-state index in [1.54, 1.807) is 31.2 Å². The van der Waals surface area contributed by atoms with Gasteiger partial charge in [-0.05, 0) is 53.8 Å². The Kier molecular flexibility index (Phi) is 4.78. The summed E-state index contributed by atoms with van der Waals surface area (Å²) < 4.78 is 11.8. The van der Waals surface area contributed by atoms with Crippen LogP contribution in [0, 0.1) is 13.7 Å². The van der Waals surface area contributed by atoms with Crippen LogP contribution in [0.3, 0.4) is 0 Å². The molecule has 0 aromatic heterocycles. The SMILES string of the molecule is CCOc1cccc(Oc2ccccc2I)c1[N+](=O)[O-]. The topological polar surface area (TPSA) is 61.6 Å². The zero-order valence-corrected chi connectivity index (χ0v) is 12.9. The summed E-state index contributed by atoms with van der Waals surface area (Å²) in [7, 11) is 0. The van der Waals surface area contributed by atoms with Gasteiger partial charge in [0.05, 0.1) is 15.1 Å². The van der Waals surface area contributed by atoms with E-state index in [-0.39, 0.29) is 17.2 Å². The summed E-state index contributed by atoms with van der Waals surface area (Å²) in [6.45, 7) is 2.13. The van der Waals surface area contributed by atoms with Crippen molar-refractivity contribution in [2.45, 2.75) is 6.92 Å². The molecular weight excluding hydrogens is 373 g/mol. The van der Waals surface area contributed by atoms with Crippen LogP contribution in [0.4, 0.5) is 5.69 Å². The van der Waals surface area contributed by atoms with Crippen LogP contribution in [-0.4, -0.2) is 11.5 Å². The van der Waals surface area contributed by atoms with E-state index in [1.807, 2.05) is 18.2 Å². The van der Waals surface area contributed by atoms with Gasteiger partial charge in [-0.25, -0.2) is 0 Å². The first kappa shape index (κ1) is 14.6. The number of hydrogen-bond donors (Lipinski definition) is 0. The highest BCUT2D eigenvalue weighted by Gasteiger charge is 2.23. The maximum absolute atomic E-state index is 11.2. The van der Waals surface area contributed by atoms with Crippen molar-refractivity contribution < 1.29 is 14.4 Å². The minimum Gasteiger partial charge on any atom is -0.487 e. The van der Waals surface area contributed by atoms with E-state index in [2.05, 4.69) is 22.6 Å². The van der Waals surface area contributed by atoms with Gasteiger partial charge in [-0.1, -0.05) is 18.2 Å². The molecule has 0 saturated carbocycles. The summed E-state index contributed by atoms with van der Waals surface area (Å²) in [5.74, 6) is 0.954. The lowest BCUT2D eigenvalue weighted by Crippen LogP contribution is -2.00. The molecule has 0 heterocycles. The predicted molar refractivity (Wildman–Crippen MR) is 83.5 cm³/mol. The Morgan fingerprint density at radius 1 is 1.10 bits per heavy atom. The molecule has 0 N–H and O–H groups in total. The van der Waals surface area contributed by atoms with E-state index >= 15 is 0 Å². The number of nitrogens with zero attached hydrogens (tertiary/aromatic N) is 1. The first-order chi connectivity index (χ1) is 9.63. The predicted octanol–water partition coefficient (Wildman–Crippen LogP) is 4.39. The van der Waals surface area contributed by atoms with Crippen molar-refractivity contribution in [3.8, 4) is 17.2 Å². The molecule has 0 atom stereocenters. The van der Waals surface area contributed by atoms with Gasteiger partial charge in [0.15, 0.2) is 0 Å². The monoisotopic (exact) mass is 385 g/mol. The molecule has 0 aliphatic carbocycles. The van der Waals surface area contributed by atoms with Crippen molar-refractivity contribution in [3.63, 3.8) is 0 Å². The summed E-state index contributed by atoms with van der Waals surface area (Å²) in [5.41, 5.74) is -0.158. The fourth-order valence-electron chi connectivity index (χ4n) is 1.68. The van der Waals surface area contributed by atoms with Crippen LogP contribution < -0.4 is 9.47 Å². The number of benzene rings is 2. The number of hydrogen-bond acceptors (Lipinski definition) is 4. The maximum Gasteiger partial charge on any atom is 0.352 e. The minimum atomic E-state index is -0.490. The third-order valence-electron chi connectivity index (χ3n) is 2.50. The summed E-state index contributed by atoms with van der Waals surface area (Å²) in [6.07, 6.45) is 0. The molecule has 0 amide bonds. The quantitative estimate of drug-likeness (QED) is 0.435. The minimum absolute atomic E-state index is 0.158. The van der Waals surface area contributed by atoms with E-state index in [0.29, 0.717) is 12.4 Å². The van der Waals surface area contributed by atoms with Crippen molar-refractivity contribution in [2.75, 3.05) is 6.61 Å². The smallest absolute Gasteiger partial charge is 0.352 e. The fraction of sp³-hybridized carbons (Fsp3) is 0.143. The second-order valence-corrected chi connectivity index (χ2v) is 4.99. The van der Waals surface area contributed by atoms with E-state index in [9.17, 15) is 10.1 Å². The highest BCUT2D eigenvalue weighted by molar-refractivity contribution is 14.1. The largest absolute Gasteiger partial charge is 0.487 e. The van der Waals surface area contributed by atoms with Gasteiger partial charge in [-0.15, -0.1) is 0 Å². The Hall–Kier alpha value is -1.83. The standard InChI is InChI=1S/C14H12INO4/c1-2-19-12-8-5-9-13(14(12)16(17)18)20-11-7-4-3-6-10(11)15/h3-9H,2H2,1H3. The fourth-order valence-corrected chi connectivity index (χ4v) is 2.18. The van der Waals surface area contributed by atoms with Crippen molar-refractivity contribution in [1.82, 2.24) is 0 Å². The maximum atomic E-state index is 11.2. The number of para-hydroxylation sites is 2. The van der Waals surface area contributed by atoms with Crippen LogP contribution in [0.15, 0.2) is 42.5 Å². The lowest BCUT2D eigenvalue weighted by atomic mass is 10.2. The molecule has 2 rings (SSSR count). The average molecular weight is 385 g/mol. The molecule has 20 heavy (non-hydrogen) atoms. The molecule has 6 heteroatoms. The third kappa shape index (κ3) is 3.19. The third-order valence-corrected chi connectivity index (χ3v) is 3.39. The first-order valence-electron chi connectivity index (χ1n) is 5.96. The molecule has 0 fully saturated rings.